The maximum atomic E-state index is 10.6. The summed E-state index contributed by atoms with van der Waals surface area (Å²) in [7, 11) is 0. The fourth-order valence-corrected chi connectivity index (χ4v) is 3.64. The molecular weight excluding hydrogens is 419 g/mol. The van der Waals surface area contributed by atoms with Crippen LogP contribution in [0.1, 0.15) is 41.6 Å². The lowest BCUT2D eigenvalue weighted by Crippen LogP contribution is -2.21. The minimum Gasteiger partial charge on any atom is -0.475 e. The van der Waals surface area contributed by atoms with Crippen molar-refractivity contribution in [1.29, 1.82) is 0 Å². The van der Waals surface area contributed by atoms with Crippen LogP contribution in [0.25, 0.3) is 11.1 Å². The number of pyridine rings is 2. The number of aliphatic carboxylic acids is 1. The molecule has 0 saturated heterocycles. The first-order chi connectivity index (χ1) is 15.3. The van der Waals surface area contributed by atoms with Gasteiger partial charge in [-0.25, -0.2) is 4.79 Å². The van der Waals surface area contributed by atoms with E-state index in [2.05, 4.69) is 58.6 Å². The zero-order chi connectivity index (χ0) is 23.1. The number of benzene rings is 1. The summed E-state index contributed by atoms with van der Waals surface area (Å²) in [6, 6.07) is 13.1. The van der Waals surface area contributed by atoms with Crippen molar-refractivity contribution in [1.82, 2.24) is 15.3 Å². The first-order valence-electron chi connectivity index (χ1n) is 10.2. The summed E-state index contributed by atoms with van der Waals surface area (Å²) in [5, 5.41) is 10.8. The molecular formula is C24H24F3N3O2. The van der Waals surface area contributed by atoms with E-state index in [1.54, 1.807) is 0 Å². The number of hydrogen-bond donors (Lipinski definition) is 2. The third-order valence-corrected chi connectivity index (χ3v) is 5.35. The zero-order valence-corrected chi connectivity index (χ0v) is 17.6. The van der Waals surface area contributed by atoms with Crippen LogP contribution in [-0.4, -0.2) is 27.2 Å². The molecule has 5 nitrogen and oxygen atoms in total. The van der Waals surface area contributed by atoms with Crippen molar-refractivity contribution in [3.8, 4) is 11.1 Å². The van der Waals surface area contributed by atoms with Crippen LogP contribution in [0.3, 0.4) is 0 Å². The van der Waals surface area contributed by atoms with Gasteiger partial charge >= 0.3 is 12.1 Å². The van der Waals surface area contributed by atoms with Crippen LogP contribution in [0.5, 0.6) is 0 Å². The monoisotopic (exact) mass is 443 g/mol. The van der Waals surface area contributed by atoms with Crippen LogP contribution < -0.4 is 5.32 Å². The Morgan fingerprint density at radius 2 is 1.81 bits per heavy atom. The van der Waals surface area contributed by atoms with Gasteiger partial charge in [0.1, 0.15) is 0 Å². The molecule has 8 heteroatoms. The number of aryl methyl sites for hydroxylation is 1. The quantitative estimate of drug-likeness (QED) is 0.573. The number of carboxylic acids is 1. The second-order valence-electron chi connectivity index (χ2n) is 7.56. The fraction of sp³-hybridized carbons (Fsp3) is 0.292. The Morgan fingerprint density at radius 1 is 1.09 bits per heavy atom. The number of nitrogens with zero attached hydrogens (tertiary/aromatic N) is 2. The smallest absolute Gasteiger partial charge is 0.475 e. The van der Waals surface area contributed by atoms with E-state index in [-0.39, 0.29) is 0 Å². The number of hydrogen-bond acceptors (Lipinski definition) is 4. The SMILES string of the molecule is CC(NCc1cncc2c1CCC2)c1cccc(-c2ccncc2)c1.O=C(O)C(F)(F)F. The van der Waals surface area contributed by atoms with Crippen molar-refractivity contribution in [3.05, 3.63) is 83.4 Å². The van der Waals surface area contributed by atoms with E-state index in [0.29, 0.717) is 6.04 Å². The summed E-state index contributed by atoms with van der Waals surface area (Å²) in [6.07, 6.45) is 6.29. The second kappa shape index (κ2) is 10.4. The van der Waals surface area contributed by atoms with Crippen LogP contribution in [0.4, 0.5) is 13.2 Å². The normalized spacial score (nSPS) is 13.6. The molecule has 0 fully saturated rings. The summed E-state index contributed by atoms with van der Waals surface area (Å²) in [5.74, 6) is -2.76. The number of rotatable bonds is 5. The first kappa shape index (κ1) is 23.4. The molecule has 4 rings (SSSR count). The van der Waals surface area contributed by atoms with E-state index >= 15 is 0 Å². The molecule has 0 radical (unpaired) electrons. The Bertz CT molecular complexity index is 1060. The van der Waals surface area contributed by atoms with E-state index in [1.165, 1.54) is 52.6 Å². The predicted octanol–water partition coefficient (Wildman–Crippen LogP) is 5.12. The summed E-state index contributed by atoms with van der Waals surface area (Å²) in [4.78, 5) is 17.4. The summed E-state index contributed by atoms with van der Waals surface area (Å²) in [6.45, 7) is 3.10. The third-order valence-electron chi connectivity index (χ3n) is 5.35. The van der Waals surface area contributed by atoms with Crippen molar-refractivity contribution < 1.29 is 23.1 Å². The Labute approximate surface area is 184 Å². The Hall–Kier alpha value is -3.26. The van der Waals surface area contributed by atoms with E-state index in [1.807, 2.05) is 24.8 Å². The molecule has 1 aliphatic rings. The number of fused-ring (bicyclic) bond motifs is 1. The molecule has 168 valence electrons. The Kier molecular flexibility index (Phi) is 7.58. The van der Waals surface area contributed by atoms with Crippen LogP contribution >= 0.6 is 0 Å². The molecule has 0 amide bonds. The van der Waals surface area contributed by atoms with Crippen LogP contribution in [0, 0.1) is 0 Å². The number of carboxylic acid groups (broad SMARTS) is 1. The molecule has 3 aromatic rings. The van der Waals surface area contributed by atoms with E-state index in [9.17, 15) is 13.2 Å². The molecule has 2 N–H and O–H groups in total. The molecule has 0 spiro atoms. The van der Waals surface area contributed by atoms with Gasteiger partial charge in [-0.05, 0) is 77.8 Å². The van der Waals surface area contributed by atoms with Crippen molar-refractivity contribution in [2.24, 2.45) is 0 Å². The van der Waals surface area contributed by atoms with Crippen molar-refractivity contribution in [3.63, 3.8) is 0 Å². The van der Waals surface area contributed by atoms with E-state index in [0.717, 1.165) is 6.54 Å². The minimum atomic E-state index is -5.08. The largest absolute Gasteiger partial charge is 0.490 e. The molecule has 0 aliphatic heterocycles. The van der Waals surface area contributed by atoms with Crippen LogP contribution in [-0.2, 0) is 24.2 Å². The molecule has 32 heavy (non-hydrogen) atoms. The molecule has 1 unspecified atom stereocenters. The molecule has 2 aromatic heterocycles. The maximum Gasteiger partial charge on any atom is 0.490 e. The number of alkyl halides is 3. The van der Waals surface area contributed by atoms with Crippen LogP contribution in [0.15, 0.2) is 61.2 Å². The highest BCUT2D eigenvalue weighted by atomic mass is 19.4. The highest BCUT2D eigenvalue weighted by Crippen LogP contribution is 2.26. The van der Waals surface area contributed by atoms with Gasteiger partial charge in [-0.15, -0.1) is 0 Å². The average molecular weight is 443 g/mol. The third kappa shape index (κ3) is 6.13. The summed E-state index contributed by atoms with van der Waals surface area (Å²) < 4.78 is 31.7. The highest BCUT2D eigenvalue weighted by Gasteiger charge is 2.38. The lowest BCUT2D eigenvalue weighted by Gasteiger charge is -2.17. The molecule has 1 aliphatic carbocycles. The van der Waals surface area contributed by atoms with Gasteiger partial charge in [0.15, 0.2) is 0 Å². The van der Waals surface area contributed by atoms with Gasteiger partial charge in [0.05, 0.1) is 0 Å². The lowest BCUT2D eigenvalue weighted by atomic mass is 10.0. The number of aromatic nitrogens is 2. The van der Waals surface area contributed by atoms with Crippen LogP contribution in [0.2, 0.25) is 0 Å². The van der Waals surface area contributed by atoms with Crippen molar-refractivity contribution >= 4 is 5.97 Å². The number of halogens is 3. The van der Waals surface area contributed by atoms with Crippen molar-refractivity contribution in [2.45, 2.75) is 44.9 Å². The minimum absolute atomic E-state index is 0.291. The summed E-state index contributed by atoms with van der Waals surface area (Å²) >= 11 is 0. The van der Waals surface area contributed by atoms with Gasteiger partial charge in [0.2, 0.25) is 0 Å². The molecule has 1 atom stereocenters. The van der Waals surface area contributed by atoms with Crippen molar-refractivity contribution in [2.75, 3.05) is 0 Å². The second-order valence-corrected chi connectivity index (χ2v) is 7.56. The predicted molar refractivity (Wildman–Crippen MR) is 115 cm³/mol. The van der Waals surface area contributed by atoms with Gasteiger partial charge in [-0.2, -0.15) is 13.2 Å². The fourth-order valence-electron chi connectivity index (χ4n) is 3.64. The Morgan fingerprint density at radius 3 is 2.50 bits per heavy atom. The average Bonchev–Trinajstić information content (AvgIpc) is 3.27. The van der Waals surface area contributed by atoms with E-state index < -0.39 is 12.1 Å². The standard InChI is InChI=1S/C22H23N3.C2HF3O2/c1-16(25-15-21-14-24-13-20-6-3-7-22(20)21)18-4-2-5-19(12-18)17-8-10-23-11-9-17;3-2(4,5)1(6)7/h2,4-5,8-14,16,25H,3,6-7,15H2,1H3;(H,6,7). The molecule has 1 aromatic carbocycles. The molecule has 0 saturated carbocycles. The first-order valence-corrected chi connectivity index (χ1v) is 10.2. The molecule has 0 bridgehead atoms. The number of carbonyl (C=O) groups is 1. The highest BCUT2D eigenvalue weighted by molar-refractivity contribution is 5.73. The van der Waals surface area contributed by atoms with Gasteiger partial charge in [0.25, 0.3) is 0 Å². The summed E-state index contributed by atoms with van der Waals surface area (Å²) in [5.41, 5.74) is 8.04. The lowest BCUT2D eigenvalue weighted by molar-refractivity contribution is -0.192. The van der Waals surface area contributed by atoms with Gasteiger partial charge < -0.3 is 10.4 Å². The van der Waals surface area contributed by atoms with Gasteiger partial charge in [-0.1, -0.05) is 18.2 Å². The van der Waals surface area contributed by atoms with Gasteiger partial charge in [-0.3, -0.25) is 9.97 Å². The number of nitrogens with one attached hydrogen (secondary N) is 1. The van der Waals surface area contributed by atoms with E-state index in [4.69, 9.17) is 9.90 Å². The van der Waals surface area contributed by atoms with Gasteiger partial charge in [0, 0.05) is 37.4 Å². The zero-order valence-electron chi connectivity index (χ0n) is 17.6. The molecule has 2 heterocycles. The topological polar surface area (TPSA) is 75.1 Å². The Balaban J connectivity index is 0.000000360. The maximum absolute atomic E-state index is 10.6.